The van der Waals surface area contributed by atoms with E-state index in [1.807, 2.05) is 32.9 Å². The van der Waals surface area contributed by atoms with E-state index in [-0.39, 0.29) is 5.92 Å². The third kappa shape index (κ3) is 1.89. The largest absolute Gasteiger partial charge is 0.507 e. The monoisotopic (exact) mass is 178 g/mol. The van der Waals surface area contributed by atoms with Crippen LogP contribution in [0.5, 0.6) is 5.75 Å². The fraction of sp³-hybridized carbons (Fsp3) is 0.364. The van der Waals surface area contributed by atoms with Gasteiger partial charge in [0.05, 0.1) is 0 Å². The quantitative estimate of drug-likeness (QED) is 0.705. The molecule has 0 heterocycles. The van der Waals surface area contributed by atoms with E-state index < -0.39 is 0 Å². The van der Waals surface area contributed by atoms with Crippen LogP contribution in [0.4, 0.5) is 0 Å². The third-order valence-corrected chi connectivity index (χ3v) is 2.24. The van der Waals surface area contributed by atoms with Crippen LogP contribution in [0, 0.1) is 13.8 Å². The molecule has 0 spiro atoms. The van der Waals surface area contributed by atoms with Crippen LogP contribution in [0.1, 0.15) is 29.5 Å². The number of phenolic OH excluding ortho intramolecular Hbond substituents is 1. The van der Waals surface area contributed by atoms with Gasteiger partial charge in [0.15, 0.2) is 0 Å². The first-order chi connectivity index (χ1) is 6.06. The molecule has 0 radical (unpaired) electrons. The summed E-state index contributed by atoms with van der Waals surface area (Å²) in [5, 5.41) is 9.50. The van der Waals surface area contributed by atoms with Crippen LogP contribution in [-0.2, 0) is 4.79 Å². The van der Waals surface area contributed by atoms with Gasteiger partial charge in [0.2, 0.25) is 0 Å². The Morgan fingerprint density at radius 3 is 2.15 bits per heavy atom. The number of aromatic hydroxyl groups is 1. The summed E-state index contributed by atoms with van der Waals surface area (Å²) in [6.07, 6.45) is 0.908. The van der Waals surface area contributed by atoms with Crippen LogP contribution in [0.15, 0.2) is 12.1 Å². The standard InChI is InChI=1S/C11H14O2/c1-7-4-10(9(3)6-12)5-8(2)11(7)13/h4-6,9,13H,1-3H3. The Morgan fingerprint density at radius 1 is 1.31 bits per heavy atom. The van der Waals surface area contributed by atoms with Gasteiger partial charge in [-0.2, -0.15) is 0 Å². The van der Waals surface area contributed by atoms with Crippen molar-refractivity contribution < 1.29 is 9.90 Å². The first-order valence-electron chi connectivity index (χ1n) is 4.31. The maximum absolute atomic E-state index is 10.6. The van der Waals surface area contributed by atoms with Crippen molar-refractivity contribution in [2.75, 3.05) is 0 Å². The van der Waals surface area contributed by atoms with E-state index in [1.54, 1.807) is 0 Å². The summed E-state index contributed by atoms with van der Waals surface area (Å²) >= 11 is 0. The minimum Gasteiger partial charge on any atom is -0.507 e. The van der Waals surface area contributed by atoms with Crippen molar-refractivity contribution >= 4 is 6.29 Å². The van der Waals surface area contributed by atoms with E-state index in [2.05, 4.69) is 0 Å². The Hall–Kier alpha value is -1.31. The molecule has 70 valence electrons. The smallest absolute Gasteiger partial charge is 0.127 e. The highest BCUT2D eigenvalue weighted by Crippen LogP contribution is 2.25. The van der Waals surface area contributed by atoms with Crippen LogP contribution >= 0.6 is 0 Å². The molecule has 1 atom stereocenters. The molecule has 0 aliphatic rings. The lowest BCUT2D eigenvalue weighted by molar-refractivity contribution is -0.108. The predicted molar refractivity (Wildman–Crippen MR) is 52.1 cm³/mol. The maximum atomic E-state index is 10.6. The first-order valence-corrected chi connectivity index (χ1v) is 4.31. The number of benzene rings is 1. The summed E-state index contributed by atoms with van der Waals surface area (Å²) in [7, 11) is 0. The molecule has 0 aliphatic heterocycles. The second kappa shape index (κ2) is 3.60. The van der Waals surface area contributed by atoms with Gasteiger partial charge in [0.1, 0.15) is 12.0 Å². The maximum Gasteiger partial charge on any atom is 0.127 e. The van der Waals surface area contributed by atoms with E-state index in [0.717, 1.165) is 23.0 Å². The van der Waals surface area contributed by atoms with E-state index in [0.29, 0.717) is 5.75 Å². The SMILES string of the molecule is Cc1cc(C(C)C=O)cc(C)c1O. The minimum absolute atomic E-state index is 0.0991. The molecule has 0 saturated heterocycles. The molecule has 13 heavy (non-hydrogen) atoms. The lowest BCUT2D eigenvalue weighted by Gasteiger charge is -2.09. The van der Waals surface area contributed by atoms with Crippen molar-refractivity contribution in [1.82, 2.24) is 0 Å². The van der Waals surface area contributed by atoms with Gasteiger partial charge >= 0.3 is 0 Å². The Morgan fingerprint density at radius 2 is 1.77 bits per heavy atom. The molecule has 0 bridgehead atoms. The number of hydrogen-bond acceptors (Lipinski definition) is 2. The molecule has 2 heteroatoms. The molecule has 1 aromatic carbocycles. The molecule has 0 amide bonds. The van der Waals surface area contributed by atoms with Crippen LogP contribution < -0.4 is 0 Å². The lowest BCUT2D eigenvalue weighted by atomic mass is 9.97. The van der Waals surface area contributed by atoms with Gasteiger partial charge in [0, 0.05) is 5.92 Å². The van der Waals surface area contributed by atoms with E-state index >= 15 is 0 Å². The highest BCUT2D eigenvalue weighted by molar-refractivity contribution is 5.62. The van der Waals surface area contributed by atoms with Crippen molar-refractivity contribution in [2.45, 2.75) is 26.7 Å². The minimum atomic E-state index is -0.0991. The van der Waals surface area contributed by atoms with Crippen LogP contribution in [0.3, 0.4) is 0 Å². The summed E-state index contributed by atoms with van der Waals surface area (Å²) in [6.45, 7) is 5.52. The summed E-state index contributed by atoms with van der Waals surface area (Å²) in [4.78, 5) is 10.6. The van der Waals surface area contributed by atoms with Gasteiger partial charge in [-0.05, 0) is 30.5 Å². The van der Waals surface area contributed by atoms with E-state index in [1.165, 1.54) is 0 Å². The number of carbonyl (C=O) groups excluding carboxylic acids is 1. The van der Waals surface area contributed by atoms with Crippen LogP contribution in [0.2, 0.25) is 0 Å². The Balaban J connectivity index is 3.20. The normalized spacial score (nSPS) is 12.5. The molecule has 0 aromatic heterocycles. The van der Waals surface area contributed by atoms with Gasteiger partial charge in [-0.15, -0.1) is 0 Å². The zero-order valence-electron chi connectivity index (χ0n) is 8.16. The van der Waals surface area contributed by atoms with Crippen LogP contribution in [0.25, 0.3) is 0 Å². The summed E-state index contributed by atoms with van der Waals surface area (Å²) < 4.78 is 0. The molecule has 1 aromatic rings. The molecule has 0 fully saturated rings. The third-order valence-electron chi connectivity index (χ3n) is 2.24. The van der Waals surface area contributed by atoms with Crippen molar-refractivity contribution in [3.05, 3.63) is 28.8 Å². The van der Waals surface area contributed by atoms with E-state index in [9.17, 15) is 9.90 Å². The van der Waals surface area contributed by atoms with Gasteiger partial charge in [-0.3, -0.25) is 0 Å². The Kier molecular flexibility index (Phi) is 2.71. The van der Waals surface area contributed by atoms with Gasteiger partial charge < -0.3 is 9.90 Å². The molecule has 1 rings (SSSR count). The van der Waals surface area contributed by atoms with Crippen molar-refractivity contribution in [3.63, 3.8) is 0 Å². The van der Waals surface area contributed by atoms with Gasteiger partial charge in [-0.25, -0.2) is 0 Å². The van der Waals surface area contributed by atoms with E-state index in [4.69, 9.17) is 0 Å². The molecule has 2 nitrogen and oxygen atoms in total. The molecule has 0 saturated carbocycles. The van der Waals surface area contributed by atoms with Gasteiger partial charge in [-0.1, -0.05) is 19.1 Å². The lowest BCUT2D eigenvalue weighted by Crippen LogP contribution is -1.96. The highest BCUT2D eigenvalue weighted by Gasteiger charge is 2.08. The number of aryl methyl sites for hydroxylation is 2. The summed E-state index contributed by atoms with van der Waals surface area (Å²) in [5.41, 5.74) is 2.61. The molecule has 1 N–H and O–H groups in total. The number of phenols is 1. The topological polar surface area (TPSA) is 37.3 Å². The predicted octanol–water partition coefficient (Wildman–Crippen LogP) is 2.31. The first kappa shape index (κ1) is 9.78. The number of rotatable bonds is 2. The molecular weight excluding hydrogens is 164 g/mol. The van der Waals surface area contributed by atoms with Crippen molar-refractivity contribution in [3.8, 4) is 5.75 Å². The zero-order valence-corrected chi connectivity index (χ0v) is 8.16. The second-order valence-electron chi connectivity index (χ2n) is 3.43. The fourth-order valence-corrected chi connectivity index (χ4v) is 1.33. The van der Waals surface area contributed by atoms with Crippen molar-refractivity contribution in [1.29, 1.82) is 0 Å². The highest BCUT2D eigenvalue weighted by atomic mass is 16.3. The Bertz CT molecular complexity index is 306. The summed E-state index contributed by atoms with van der Waals surface area (Å²) in [5.74, 6) is 0.222. The second-order valence-corrected chi connectivity index (χ2v) is 3.43. The molecule has 1 unspecified atom stereocenters. The molecular formula is C11H14O2. The fourth-order valence-electron chi connectivity index (χ4n) is 1.33. The number of carbonyl (C=O) groups is 1. The summed E-state index contributed by atoms with van der Waals surface area (Å²) in [6, 6.07) is 3.70. The van der Waals surface area contributed by atoms with Gasteiger partial charge in [0.25, 0.3) is 0 Å². The average Bonchev–Trinajstić information content (AvgIpc) is 2.12. The van der Waals surface area contributed by atoms with Crippen molar-refractivity contribution in [2.24, 2.45) is 0 Å². The number of hydrogen-bond donors (Lipinski definition) is 1. The van der Waals surface area contributed by atoms with Crippen LogP contribution in [-0.4, -0.2) is 11.4 Å². The molecule has 0 aliphatic carbocycles. The number of aldehydes is 1. The zero-order chi connectivity index (χ0) is 10.0. The Labute approximate surface area is 78.2 Å². The average molecular weight is 178 g/mol.